The van der Waals surface area contributed by atoms with E-state index in [-0.39, 0.29) is 5.82 Å². The Morgan fingerprint density at radius 2 is 1.42 bits per heavy atom. The molecule has 0 atom stereocenters. The molecule has 4 rings (SSSR count). The highest BCUT2D eigenvalue weighted by molar-refractivity contribution is 7.98. The van der Waals surface area contributed by atoms with Crippen LogP contribution in [0.4, 0.5) is 4.39 Å². The standard InChI is InChI=1S/C21H16FN3S/c22-19-14-8-7-13-18(19)20-23-24-21(25(20)17-11-5-2-6-12-17)26-15-16-9-3-1-4-10-16/h1-14H,15H2. The molecule has 0 aliphatic heterocycles. The van der Waals surface area contributed by atoms with Crippen LogP contribution in [0.3, 0.4) is 0 Å². The lowest BCUT2D eigenvalue weighted by atomic mass is 10.2. The number of benzene rings is 3. The van der Waals surface area contributed by atoms with Gasteiger partial charge in [0.1, 0.15) is 5.82 Å². The SMILES string of the molecule is Fc1ccccc1-c1nnc(SCc2ccccc2)n1-c1ccccc1. The topological polar surface area (TPSA) is 30.7 Å². The van der Waals surface area contributed by atoms with Gasteiger partial charge in [0.05, 0.1) is 5.56 Å². The summed E-state index contributed by atoms with van der Waals surface area (Å²) in [5, 5.41) is 9.36. The molecule has 4 aromatic rings. The first-order valence-electron chi connectivity index (χ1n) is 8.25. The molecule has 3 aromatic carbocycles. The van der Waals surface area contributed by atoms with Crippen LogP contribution >= 0.6 is 11.8 Å². The minimum Gasteiger partial charge on any atom is -0.270 e. The molecule has 26 heavy (non-hydrogen) atoms. The monoisotopic (exact) mass is 361 g/mol. The van der Waals surface area contributed by atoms with Crippen molar-refractivity contribution < 1.29 is 4.39 Å². The van der Waals surface area contributed by atoms with Gasteiger partial charge in [-0.25, -0.2) is 4.39 Å². The fraction of sp³-hybridized carbons (Fsp3) is 0.0476. The predicted molar refractivity (Wildman–Crippen MR) is 103 cm³/mol. The third-order valence-corrected chi connectivity index (χ3v) is 4.97. The summed E-state index contributed by atoms with van der Waals surface area (Å²) < 4.78 is 16.3. The normalized spacial score (nSPS) is 10.8. The van der Waals surface area contributed by atoms with Gasteiger partial charge in [-0.1, -0.05) is 72.4 Å². The van der Waals surface area contributed by atoms with E-state index >= 15 is 0 Å². The van der Waals surface area contributed by atoms with Crippen LogP contribution in [0.15, 0.2) is 90.1 Å². The number of nitrogens with zero attached hydrogens (tertiary/aromatic N) is 3. The number of thioether (sulfide) groups is 1. The Hall–Kier alpha value is -2.92. The van der Waals surface area contributed by atoms with Gasteiger partial charge in [0.15, 0.2) is 11.0 Å². The van der Waals surface area contributed by atoms with E-state index in [4.69, 9.17) is 0 Å². The molecule has 3 nitrogen and oxygen atoms in total. The smallest absolute Gasteiger partial charge is 0.196 e. The van der Waals surface area contributed by atoms with Crippen LogP contribution in [-0.2, 0) is 5.75 Å². The molecule has 0 unspecified atom stereocenters. The Morgan fingerprint density at radius 1 is 0.769 bits per heavy atom. The van der Waals surface area contributed by atoms with Crippen LogP contribution in [0, 0.1) is 5.82 Å². The van der Waals surface area contributed by atoms with E-state index in [9.17, 15) is 4.39 Å². The number of hydrogen-bond donors (Lipinski definition) is 0. The second-order valence-electron chi connectivity index (χ2n) is 5.73. The van der Waals surface area contributed by atoms with Crippen LogP contribution in [0.25, 0.3) is 17.1 Å². The maximum Gasteiger partial charge on any atom is 0.196 e. The van der Waals surface area contributed by atoms with E-state index in [1.54, 1.807) is 30.0 Å². The summed E-state index contributed by atoms with van der Waals surface area (Å²) in [6.07, 6.45) is 0. The molecular weight excluding hydrogens is 345 g/mol. The van der Waals surface area contributed by atoms with Crippen LogP contribution in [-0.4, -0.2) is 14.8 Å². The van der Waals surface area contributed by atoms with Gasteiger partial charge >= 0.3 is 0 Å². The summed E-state index contributed by atoms with van der Waals surface area (Å²) in [5.41, 5.74) is 2.55. The van der Waals surface area contributed by atoms with E-state index in [1.807, 2.05) is 53.1 Å². The highest BCUT2D eigenvalue weighted by Gasteiger charge is 2.18. The third kappa shape index (κ3) is 3.39. The molecular formula is C21H16FN3S. The van der Waals surface area contributed by atoms with Gasteiger partial charge in [0.2, 0.25) is 0 Å². The van der Waals surface area contributed by atoms with Crippen LogP contribution < -0.4 is 0 Å². The third-order valence-electron chi connectivity index (χ3n) is 3.97. The van der Waals surface area contributed by atoms with E-state index in [0.29, 0.717) is 11.4 Å². The zero-order valence-electron chi connectivity index (χ0n) is 13.9. The van der Waals surface area contributed by atoms with Crippen molar-refractivity contribution in [2.75, 3.05) is 0 Å². The molecule has 1 aromatic heterocycles. The van der Waals surface area contributed by atoms with Crippen molar-refractivity contribution >= 4 is 11.8 Å². The van der Waals surface area contributed by atoms with E-state index in [1.165, 1.54) is 11.6 Å². The lowest BCUT2D eigenvalue weighted by Gasteiger charge is -2.10. The molecule has 0 radical (unpaired) electrons. The van der Waals surface area contributed by atoms with E-state index in [2.05, 4.69) is 22.3 Å². The van der Waals surface area contributed by atoms with Gasteiger partial charge < -0.3 is 0 Å². The summed E-state index contributed by atoms with van der Waals surface area (Å²) in [7, 11) is 0. The Kier molecular flexibility index (Phi) is 4.80. The van der Waals surface area contributed by atoms with Crippen molar-refractivity contribution in [3.8, 4) is 17.1 Å². The van der Waals surface area contributed by atoms with Gasteiger partial charge in [-0.05, 0) is 29.8 Å². The van der Waals surface area contributed by atoms with Crippen molar-refractivity contribution in [2.24, 2.45) is 0 Å². The Bertz CT molecular complexity index is 1000. The minimum atomic E-state index is -0.309. The van der Waals surface area contributed by atoms with Crippen molar-refractivity contribution in [2.45, 2.75) is 10.9 Å². The van der Waals surface area contributed by atoms with Crippen molar-refractivity contribution in [1.82, 2.24) is 14.8 Å². The molecule has 5 heteroatoms. The lowest BCUT2D eigenvalue weighted by molar-refractivity contribution is 0.629. The first-order valence-corrected chi connectivity index (χ1v) is 9.24. The number of hydrogen-bond acceptors (Lipinski definition) is 3. The van der Waals surface area contributed by atoms with Gasteiger partial charge in [-0.3, -0.25) is 4.57 Å². The maximum absolute atomic E-state index is 14.3. The number of halogens is 1. The minimum absolute atomic E-state index is 0.309. The molecule has 0 aliphatic carbocycles. The van der Waals surface area contributed by atoms with Gasteiger partial charge in [-0.15, -0.1) is 10.2 Å². The van der Waals surface area contributed by atoms with Crippen LogP contribution in [0.5, 0.6) is 0 Å². The lowest BCUT2D eigenvalue weighted by Crippen LogP contribution is -2.00. The second-order valence-corrected chi connectivity index (χ2v) is 6.67. The largest absolute Gasteiger partial charge is 0.270 e. The molecule has 0 spiro atoms. The zero-order valence-corrected chi connectivity index (χ0v) is 14.7. The van der Waals surface area contributed by atoms with Crippen molar-refractivity contribution in [3.63, 3.8) is 0 Å². The van der Waals surface area contributed by atoms with Crippen LogP contribution in [0.1, 0.15) is 5.56 Å². The predicted octanol–water partition coefficient (Wildman–Crippen LogP) is 5.37. The number of para-hydroxylation sites is 1. The number of rotatable bonds is 5. The highest BCUT2D eigenvalue weighted by atomic mass is 32.2. The fourth-order valence-electron chi connectivity index (χ4n) is 2.71. The summed E-state index contributed by atoms with van der Waals surface area (Å²) in [5.74, 6) is 0.963. The molecule has 0 saturated carbocycles. The molecule has 0 fully saturated rings. The molecule has 128 valence electrons. The van der Waals surface area contributed by atoms with E-state index < -0.39 is 0 Å². The molecule has 0 aliphatic rings. The summed E-state index contributed by atoms with van der Waals surface area (Å²) >= 11 is 1.58. The summed E-state index contributed by atoms with van der Waals surface area (Å²) in [4.78, 5) is 0. The Labute approximate surface area is 155 Å². The molecule has 0 N–H and O–H groups in total. The maximum atomic E-state index is 14.3. The summed E-state index contributed by atoms with van der Waals surface area (Å²) in [6.45, 7) is 0. The Morgan fingerprint density at radius 3 is 2.15 bits per heavy atom. The molecule has 0 amide bonds. The number of aromatic nitrogens is 3. The first kappa shape index (κ1) is 16.5. The van der Waals surface area contributed by atoms with Gasteiger partial charge in [0, 0.05) is 11.4 Å². The molecule has 0 bridgehead atoms. The highest BCUT2D eigenvalue weighted by Crippen LogP contribution is 2.30. The average Bonchev–Trinajstić information content (AvgIpc) is 3.12. The quantitative estimate of drug-likeness (QED) is 0.448. The summed E-state index contributed by atoms with van der Waals surface area (Å²) in [6, 6.07) is 26.6. The van der Waals surface area contributed by atoms with Crippen molar-refractivity contribution in [3.05, 3.63) is 96.3 Å². The average molecular weight is 361 g/mol. The van der Waals surface area contributed by atoms with E-state index in [0.717, 1.165) is 16.6 Å². The first-order chi connectivity index (χ1) is 12.8. The fourth-order valence-corrected chi connectivity index (χ4v) is 3.62. The van der Waals surface area contributed by atoms with Gasteiger partial charge in [0.25, 0.3) is 0 Å². The van der Waals surface area contributed by atoms with Crippen molar-refractivity contribution in [1.29, 1.82) is 0 Å². The Balaban J connectivity index is 1.76. The molecule has 0 saturated heterocycles. The second kappa shape index (κ2) is 7.54. The van der Waals surface area contributed by atoms with Crippen LogP contribution in [0.2, 0.25) is 0 Å². The van der Waals surface area contributed by atoms with Gasteiger partial charge in [-0.2, -0.15) is 0 Å². The molecule has 1 heterocycles. The zero-order chi connectivity index (χ0) is 17.8.